The molecule has 3 N–H and O–H groups in total. The van der Waals surface area contributed by atoms with Gasteiger partial charge in [-0.2, -0.15) is 0 Å². The quantitative estimate of drug-likeness (QED) is 0.418. The number of rotatable bonds is 5. The number of hydrogen-bond acceptors (Lipinski definition) is 8. The summed E-state index contributed by atoms with van der Waals surface area (Å²) in [4.78, 5) is 17.3. The van der Waals surface area contributed by atoms with Crippen molar-refractivity contribution in [1.82, 2.24) is 24.5 Å². The first kappa shape index (κ1) is 17.5. The van der Waals surface area contributed by atoms with E-state index in [2.05, 4.69) is 19.9 Å². The molecule has 1 aliphatic rings. The number of nitrogens with zero attached hydrogens (tertiary/aromatic N) is 5. The van der Waals surface area contributed by atoms with Crippen LogP contribution in [0.4, 0.5) is 0 Å². The molecule has 9 nitrogen and oxygen atoms in total. The van der Waals surface area contributed by atoms with Crippen LogP contribution in [-0.4, -0.2) is 79.7 Å². The summed E-state index contributed by atoms with van der Waals surface area (Å²) < 4.78 is 7.97. The van der Waals surface area contributed by atoms with Gasteiger partial charge in [0.15, 0.2) is 0 Å². The number of hydrogen-bond donors (Lipinski definition) is 3. The summed E-state index contributed by atoms with van der Waals surface area (Å²) in [6.45, 7) is -0.380. The number of aliphatic hydroxyl groups is 3. The molecule has 4 rings (SSSR count). The van der Waals surface area contributed by atoms with Crippen molar-refractivity contribution in [1.29, 1.82) is 0 Å². The van der Waals surface area contributed by atoms with E-state index in [-0.39, 0.29) is 21.6 Å². The van der Waals surface area contributed by atoms with Crippen molar-refractivity contribution in [3.63, 3.8) is 0 Å². The molecule has 4 atom stereocenters. The average molecular weight is 422 g/mol. The van der Waals surface area contributed by atoms with E-state index in [0.29, 0.717) is 11.2 Å². The summed E-state index contributed by atoms with van der Waals surface area (Å²) in [6, 6.07) is 5.80. The second kappa shape index (κ2) is 7.36. The number of pyridine rings is 1. The van der Waals surface area contributed by atoms with E-state index in [1.165, 1.54) is 12.7 Å². The molecule has 10 heteroatoms. The molecule has 4 heterocycles. The number of ether oxygens (including phenoxy) is 1. The zero-order chi connectivity index (χ0) is 18.1. The van der Waals surface area contributed by atoms with E-state index in [4.69, 9.17) is 4.74 Å². The van der Waals surface area contributed by atoms with Crippen molar-refractivity contribution >= 4 is 30.7 Å². The van der Waals surface area contributed by atoms with Crippen LogP contribution >= 0.6 is 0 Å². The van der Waals surface area contributed by atoms with Crippen LogP contribution in [0.15, 0.2) is 37.1 Å². The summed E-state index contributed by atoms with van der Waals surface area (Å²) >= 11 is 0.0109. The molecule has 0 aromatic carbocycles. The van der Waals surface area contributed by atoms with Crippen molar-refractivity contribution in [2.24, 2.45) is 0 Å². The maximum atomic E-state index is 10.2. The van der Waals surface area contributed by atoms with E-state index in [9.17, 15) is 15.3 Å². The SMILES string of the molecule is OCC1OC(n2cnc3c([Se]Cc4ccccn4)ncnc32)C(O)C1O. The Balaban J connectivity index is 1.61. The fourth-order valence-corrected chi connectivity index (χ4v) is 4.66. The second-order valence-electron chi connectivity index (χ2n) is 5.84. The molecule has 26 heavy (non-hydrogen) atoms. The van der Waals surface area contributed by atoms with Crippen LogP contribution in [0.2, 0.25) is 0 Å². The first-order chi connectivity index (χ1) is 12.7. The van der Waals surface area contributed by atoms with Gasteiger partial charge in [0.2, 0.25) is 0 Å². The molecule has 1 aliphatic heterocycles. The summed E-state index contributed by atoms with van der Waals surface area (Å²) in [5.74, 6) is 0. The fourth-order valence-electron chi connectivity index (χ4n) is 2.86. The summed E-state index contributed by atoms with van der Waals surface area (Å²) in [5, 5.41) is 30.2. The molecular weight excluding hydrogens is 405 g/mol. The van der Waals surface area contributed by atoms with Gasteiger partial charge in [-0.05, 0) is 0 Å². The molecule has 0 aliphatic carbocycles. The molecule has 0 bridgehead atoms. The minimum atomic E-state index is -1.18. The molecule has 1 fully saturated rings. The van der Waals surface area contributed by atoms with E-state index in [1.54, 1.807) is 10.8 Å². The maximum absolute atomic E-state index is 10.2. The monoisotopic (exact) mass is 423 g/mol. The van der Waals surface area contributed by atoms with Gasteiger partial charge in [-0.3, -0.25) is 0 Å². The molecular formula is C16H17N5O4Se. The Kier molecular flexibility index (Phi) is 4.94. The Hall–Kier alpha value is -1.94. The Morgan fingerprint density at radius 3 is 2.73 bits per heavy atom. The van der Waals surface area contributed by atoms with Crippen molar-refractivity contribution in [3.05, 3.63) is 42.7 Å². The van der Waals surface area contributed by atoms with Crippen LogP contribution in [0, 0.1) is 0 Å². The standard InChI is InChI=1S/C16H17N5O4Se/c22-5-10-12(23)13(24)16(25-10)21-8-20-11-14(21)18-7-19-15(11)26-6-9-3-1-2-4-17-9/h1-4,7-8,10,12-13,16,22-24H,5-6H2. The molecule has 0 radical (unpaired) electrons. The Morgan fingerprint density at radius 1 is 1.12 bits per heavy atom. The number of aliphatic hydroxyl groups excluding tert-OH is 3. The number of imidazole rings is 1. The van der Waals surface area contributed by atoms with Crippen LogP contribution in [0.3, 0.4) is 0 Å². The van der Waals surface area contributed by atoms with Crippen molar-refractivity contribution in [2.75, 3.05) is 6.61 Å². The molecule has 1 saturated heterocycles. The molecule has 0 amide bonds. The van der Waals surface area contributed by atoms with Crippen LogP contribution in [0.5, 0.6) is 0 Å². The minimum absolute atomic E-state index is 0.0109. The van der Waals surface area contributed by atoms with Crippen molar-refractivity contribution < 1.29 is 20.1 Å². The normalized spacial score (nSPS) is 25.8. The number of aromatic nitrogens is 5. The van der Waals surface area contributed by atoms with Crippen LogP contribution < -0.4 is 4.59 Å². The fraction of sp³-hybridized carbons (Fsp3) is 0.375. The van der Waals surface area contributed by atoms with Crippen molar-refractivity contribution in [3.8, 4) is 0 Å². The van der Waals surface area contributed by atoms with Gasteiger partial charge in [0.05, 0.1) is 0 Å². The summed E-state index contributed by atoms with van der Waals surface area (Å²) in [7, 11) is 0. The predicted octanol–water partition coefficient (Wildman–Crippen LogP) is -1.64. The summed E-state index contributed by atoms with van der Waals surface area (Å²) in [6.07, 6.45) is 0.675. The van der Waals surface area contributed by atoms with E-state index >= 15 is 0 Å². The third-order valence-corrected chi connectivity index (χ3v) is 6.32. The zero-order valence-electron chi connectivity index (χ0n) is 13.6. The first-order valence-electron chi connectivity index (χ1n) is 8.01. The Bertz CT molecular complexity index is 893. The van der Waals surface area contributed by atoms with Crippen LogP contribution in [0.1, 0.15) is 11.9 Å². The van der Waals surface area contributed by atoms with Gasteiger partial charge in [0.1, 0.15) is 0 Å². The van der Waals surface area contributed by atoms with Gasteiger partial charge >= 0.3 is 154 Å². The van der Waals surface area contributed by atoms with Gasteiger partial charge in [0, 0.05) is 0 Å². The summed E-state index contributed by atoms with van der Waals surface area (Å²) in [5.41, 5.74) is 2.15. The molecule has 0 spiro atoms. The van der Waals surface area contributed by atoms with Gasteiger partial charge < -0.3 is 0 Å². The van der Waals surface area contributed by atoms with Crippen molar-refractivity contribution in [2.45, 2.75) is 29.9 Å². The Labute approximate surface area is 154 Å². The zero-order valence-corrected chi connectivity index (χ0v) is 15.3. The van der Waals surface area contributed by atoms with Crippen LogP contribution in [0.25, 0.3) is 11.2 Å². The number of fused-ring (bicyclic) bond motifs is 1. The predicted molar refractivity (Wildman–Crippen MR) is 91.7 cm³/mol. The second-order valence-corrected chi connectivity index (χ2v) is 7.86. The molecule has 3 aromatic heterocycles. The van der Waals surface area contributed by atoms with E-state index in [0.717, 1.165) is 15.6 Å². The molecule has 4 unspecified atom stereocenters. The van der Waals surface area contributed by atoms with E-state index < -0.39 is 24.5 Å². The molecule has 0 saturated carbocycles. The Morgan fingerprint density at radius 2 is 2.00 bits per heavy atom. The molecule has 3 aromatic rings. The molecule has 136 valence electrons. The van der Waals surface area contributed by atoms with Gasteiger partial charge in [0.25, 0.3) is 0 Å². The average Bonchev–Trinajstić information content (AvgIpc) is 3.23. The topological polar surface area (TPSA) is 126 Å². The van der Waals surface area contributed by atoms with Gasteiger partial charge in [-0.1, -0.05) is 0 Å². The van der Waals surface area contributed by atoms with Gasteiger partial charge in [-0.15, -0.1) is 0 Å². The van der Waals surface area contributed by atoms with E-state index in [1.807, 2.05) is 18.2 Å². The third kappa shape index (κ3) is 3.11. The first-order valence-corrected chi connectivity index (χ1v) is 10.1. The third-order valence-electron chi connectivity index (χ3n) is 4.20. The van der Waals surface area contributed by atoms with Crippen LogP contribution in [-0.2, 0) is 10.1 Å². The van der Waals surface area contributed by atoms with Gasteiger partial charge in [-0.25, -0.2) is 0 Å².